The maximum Gasteiger partial charge on any atom is 0.251 e. The van der Waals surface area contributed by atoms with E-state index in [9.17, 15) is 4.79 Å². The molecule has 4 aromatic heterocycles. The number of primary amides is 1. The Morgan fingerprint density at radius 1 is 1.10 bits per heavy atom. The van der Waals surface area contributed by atoms with Crippen molar-refractivity contribution in [1.29, 1.82) is 0 Å². The molecule has 1 saturated heterocycles. The van der Waals surface area contributed by atoms with E-state index in [1.54, 1.807) is 23.0 Å². The Labute approximate surface area is 171 Å². The number of rotatable bonds is 5. The van der Waals surface area contributed by atoms with Crippen molar-refractivity contribution in [2.24, 2.45) is 5.73 Å². The van der Waals surface area contributed by atoms with Gasteiger partial charge in [0.25, 0.3) is 5.91 Å². The minimum absolute atomic E-state index is 0.278. The van der Waals surface area contributed by atoms with Gasteiger partial charge < -0.3 is 20.4 Å². The molecule has 10 heteroatoms. The molecule has 1 fully saturated rings. The van der Waals surface area contributed by atoms with E-state index in [2.05, 4.69) is 30.3 Å². The summed E-state index contributed by atoms with van der Waals surface area (Å²) in [5, 5.41) is 7.50. The molecule has 1 amide bonds. The van der Waals surface area contributed by atoms with E-state index >= 15 is 0 Å². The minimum Gasteiger partial charge on any atom is -0.462 e. The molecule has 0 unspecified atom stereocenters. The van der Waals surface area contributed by atoms with Crippen LogP contribution in [0.1, 0.15) is 29.6 Å². The monoisotopic (exact) mass is 404 g/mol. The van der Waals surface area contributed by atoms with Crippen LogP contribution in [0.25, 0.3) is 17.1 Å². The maximum absolute atomic E-state index is 11.3. The first-order valence-electron chi connectivity index (χ1n) is 9.74. The summed E-state index contributed by atoms with van der Waals surface area (Å²) in [5.41, 5.74) is 7.45. The molecule has 5 heterocycles. The molecule has 10 nitrogen and oxygen atoms in total. The number of carbonyl (C=O) groups excluding carboxylic acids is 1. The van der Waals surface area contributed by atoms with Gasteiger partial charge in [0.15, 0.2) is 17.2 Å². The zero-order chi connectivity index (χ0) is 20.5. The number of pyridine rings is 1. The van der Waals surface area contributed by atoms with Crippen molar-refractivity contribution in [2.45, 2.75) is 19.3 Å². The summed E-state index contributed by atoms with van der Waals surface area (Å²) in [6.07, 6.45) is 9.83. The highest BCUT2D eigenvalue weighted by Crippen LogP contribution is 2.26. The van der Waals surface area contributed by atoms with Crippen molar-refractivity contribution in [1.82, 2.24) is 24.6 Å². The Balaban J connectivity index is 1.41. The number of piperidine rings is 1. The fraction of sp³-hybridized carbons (Fsp3) is 0.250. The molecule has 0 aromatic carbocycles. The second kappa shape index (κ2) is 7.47. The van der Waals surface area contributed by atoms with E-state index in [4.69, 9.17) is 10.2 Å². The number of fused-ring (bicyclic) bond motifs is 1. The summed E-state index contributed by atoms with van der Waals surface area (Å²) in [5.74, 6) is 1.38. The molecule has 0 atom stereocenters. The van der Waals surface area contributed by atoms with E-state index in [1.807, 2.05) is 12.1 Å². The van der Waals surface area contributed by atoms with Crippen molar-refractivity contribution in [3.8, 4) is 11.5 Å². The number of carbonyl (C=O) groups is 1. The molecule has 3 N–H and O–H groups in total. The number of furan rings is 1. The second-order valence-electron chi connectivity index (χ2n) is 7.13. The quantitative estimate of drug-likeness (QED) is 0.520. The zero-order valence-electron chi connectivity index (χ0n) is 16.2. The Hall–Kier alpha value is -3.95. The zero-order valence-corrected chi connectivity index (χ0v) is 16.2. The van der Waals surface area contributed by atoms with Crippen LogP contribution in [0.15, 0.2) is 47.6 Å². The van der Waals surface area contributed by atoms with Gasteiger partial charge in [-0.25, -0.2) is 19.5 Å². The lowest BCUT2D eigenvalue weighted by molar-refractivity contribution is 0.0999. The van der Waals surface area contributed by atoms with Crippen LogP contribution in [0.4, 0.5) is 17.3 Å². The first kappa shape index (κ1) is 18.1. The largest absolute Gasteiger partial charge is 0.462 e. The fourth-order valence-electron chi connectivity index (χ4n) is 3.58. The lowest BCUT2D eigenvalue weighted by atomic mass is 10.1. The number of anilines is 3. The average Bonchev–Trinajstić information content (AvgIpc) is 3.46. The Kier molecular flexibility index (Phi) is 4.51. The van der Waals surface area contributed by atoms with Crippen molar-refractivity contribution >= 4 is 28.9 Å². The number of nitrogens with zero attached hydrogens (tertiary/aromatic N) is 6. The van der Waals surface area contributed by atoms with Crippen LogP contribution in [0.2, 0.25) is 0 Å². The lowest BCUT2D eigenvalue weighted by Gasteiger charge is -2.27. The molecule has 0 spiro atoms. The van der Waals surface area contributed by atoms with Gasteiger partial charge in [0.05, 0.1) is 23.6 Å². The van der Waals surface area contributed by atoms with E-state index in [0.29, 0.717) is 22.9 Å². The van der Waals surface area contributed by atoms with Crippen molar-refractivity contribution in [3.63, 3.8) is 0 Å². The van der Waals surface area contributed by atoms with E-state index in [0.717, 1.165) is 24.6 Å². The van der Waals surface area contributed by atoms with Gasteiger partial charge >= 0.3 is 0 Å². The Morgan fingerprint density at radius 3 is 2.70 bits per heavy atom. The van der Waals surface area contributed by atoms with Gasteiger partial charge in [-0.05, 0) is 37.5 Å². The summed E-state index contributed by atoms with van der Waals surface area (Å²) >= 11 is 0. The van der Waals surface area contributed by atoms with Crippen LogP contribution in [-0.2, 0) is 0 Å². The molecule has 0 aliphatic carbocycles. The van der Waals surface area contributed by atoms with Gasteiger partial charge in [0.1, 0.15) is 24.1 Å². The van der Waals surface area contributed by atoms with Crippen LogP contribution in [-0.4, -0.2) is 43.6 Å². The Bertz CT molecular complexity index is 1190. The van der Waals surface area contributed by atoms with Gasteiger partial charge in [-0.3, -0.25) is 4.79 Å². The highest BCUT2D eigenvalue weighted by molar-refractivity contribution is 5.93. The summed E-state index contributed by atoms with van der Waals surface area (Å²) < 4.78 is 7.05. The normalized spacial score (nSPS) is 14.2. The molecular formula is C20H20N8O2. The summed E-state index contributed by atoms with van der Waals surface area (Å²) in [6, 6.07) is 5.54. The van der Waals surface area contributed by atoms with Gasteiger partial charge in [-0.2, -0.15) is 5.10 Å². The molecule has 0 saturated carbocycles. The van der Waals surface area contributed by atoms with Crippen LogP contribution in [0.3, 0.4) is 0 Å². The van der Waals surface area contributed by atoms with Gasteiger partial charge in [-0.1, -0.05) is 0 Å². The smallest absolute Gasteiger partial charge is 0.251 e. The van der Waals surface area contributed by atoms with E-state index < -0.39 is 5.91 Å². The number of hydrogen-bond donors (Lipinski definition) is 2. The summed E-state index contributed by atoms with van der Waals surface area (Å²) in [4.78, 5) is 27.0. The first-order chi connectivity index (χ1) is 14.7. The summed E-state index contributed by atoms with van der Waals surface area (Å²) in [7, 11) is 0. The highest BCUT2D eigenvalue weighted by atomic mass is 16.3. The number of hydrogen-bond acceptors (Lipinski definition) is 8. The molecule has 5 rings (SSSR count). The first-order valence-corrected chi connectivity index (χ1v) is 9.74. The van der Waals surface area contributed by atoms with E-state index in [-0.39, 0.29) is 5.56 Å². The number of aromatic nitrogens is 5. The molecule has 30 heavy (non-hydrogen) atoms. The average molecular weight is 404 g/mol. The van der Waals surface area contributed by atoms with Gasteiger partial charge in [-0.15, -0.1) is 0 Å². The topological polar surface area (TPSA) is 127 Å². The molecule has 1 aliphatic heterocycles. The van der Waals surface area contributed by atoms with Crippen molar-refractivity contribution < 1.29 is 9.21 Å². The van der Waals surface area contributed by atoms with Crippen LogP contribution in [0.5, 0.6) is 0 Å². The molecular weight excluding hydrogens is 384 g/mol. The number of nitrogens with two attached hydrogens (primary N) is 1. The maximum atomic E-state index is 11.3. The highest BCUT2D eigenvalue weighted by Gasteiger charge is 2.16. The predicted molar refractivity (Wildman–Crippen MR) is 111 cm³/mol. The standard InChI is InChI=1S/C20H20N8O2/c21-18(29)13-8-16(30-11-13)15-10-23-19(20-24-12-25-28(15)20)26-14-4-5-17(22-9-14)27-6-2-1-3-7-27/h4-5,8-12H,1-3,6-7H2,(H2,21,29)(H,23,26). The van der Waals surface area contributed by atoms with Crippen LogP contribution in [0, 0.1) is 0 Å². The third-order valence-electron chi connectivity index (χ3n) is 5.13. The number of nitrogens with one attached hydrogen (secondary N) is 1. The minimum atomic E-state index is -0.563. The van der Waals surface area contributed by atoms with Gasteiger partial charge in [0, 0.05) is 13.1 Å². The number of amides is 1. The third-order valence-corrected chi connectivity index (χ3v) is 5.13. The molecule has 152 valence electrons. The molecule has 0 bridgehead atoms. The predicted octanol–water partition coefficient (Wildman–Crippen LogP) is 2.61. The lowest BCUT2D eigenvalue weighted by Crippen LogP contribution is -2.29. The fourth-order valence-corrected chi connectivity index (χ4v) is 3.58. The Morgan fingerprint density at radius 2 is 1.97 bits per heavy atom. The molecule has 0 radical (unpaired) electrons. The summed E-state index contributed by atoms with van der Waals surface area (Å²) in [6.45, 7) is 2.10. The molecule has 4 aromatic rings. The van der Waals surface area contributed by atoms with Crippen molar-refractivity contribution in [3.05, 3.63) is 48.7 Å². The van der Waals surface area contributed by atoms with Gasteiger partial charge in [0.2, 0.25) is 0 Å². The van der Waals surface area contributed by atoms with Crippen molar-refractivity contribution in [2.75, 3.05) is 23.3 Å². The van der Waals surface area contributed by atoms with Crippen LogP contribution >= 0.6 is 0 Å². The third kappa shape index (κ3) is 3.32. The molecule has 1 aliphatic rings. The second-order valence-corrected chi connectivity index (χ2v) is 7.13. The van der Waals surface area contributed by atoms with Crippen LogP contribution < -0.4 is 16.0 Å². The SMILES string of the molecule is NC(=O)c1coc(-c2cnc(Nc3ccc(N4CCCCC4)nc3)c3ncnn23)c1. The van der Waals surface area contributed by atoms with E-state index in [1.165, 1.54) is 31.9 Å².